The van der Waals surface area contributed by atoms with Gasteiger partial charge in [0.25, 0.3) is 0 Å². The van der Waals surface area contributed by atoms with Crippen LogP contribution in [0.5, 0.6) is 11.5 Å². The zero-order valence-electron chi connectivity index (χ0n) is 21.2. The van der Waals surface area contributed by atoms with Crippen LogP contribution in [0.2, 0.25) is 0 Å². The van der Waals surface area contributed by atoms with Gasteiger partial charge in [-0.3, -0.25) is 15.0 Å². The summed E-state index contributed by atoms with van der Waals surface area (Å²) in [5, 5.41) is 29.5. The normalized spacial score (nSPS) is 11.8. The molecule has 0 saturated carbocycles. The van der Waals surface area contributed by atoms with E-state index in [0.717, 1.165) is 18.2 Å². The molecular formula is C28H27FN4O6. The molecule has 202 valence electrons. The van der Waals surface area contributed by atoms with Gasteiger partial charge < -0.3 is 30.4 Å². The van der Waals surface area contributed by atoms with Gasteiger partial charge in [0.2, 0.25) is 0 Å². The first kappa shape index (κ1) is 27.1. The molecule has 0 radical (unpaired) electrons. The van der Waals surface area contributed by atoms with Crippen molar-refractivity contribution in [1.82, 2.24) is 9.97 Å². The van der Waals surface area contributed by atoms with Crippen LogP contribution in [0.4, 0.5) is 4.39 Å². The Bertz CT molecular complexity index is 1580. The molecule has 0 saturated heterocycles. The van der Waals surface area contributed by atoms with Gasteiger partial charge in [-0.1, -0.05) is 0 Å². The summed E-state index contributed by atoms with van der Waals surface area (Å²) in [6, 6.07) is 11.0. The second-order valence-corrected chi connectivity index (χ2v) is 8.67. The monoisotopic (exact) mass is 534 g/mol. The summed E-state index contributed by atoms with van der Waals surface area (Å²) in [6.45, 7) is 3.43. The maximum absolute atomic E-state index is 14.2. The van der Waals surface area contributed by atoms with Crippen molar-refractivity contribution >= 4 is 28.8 Å². The predicted octanol–water partition coefficient (Wildman–Crippen LogP) is 4.33. The lowest BCUT2D eigenvalue weighted by atomic mass is 9.89. The molecule has 0 spiro atoms. The van der Waals surface area contributed by atoms with Gasteiger partial charge in [0.1, 0.15) is 29.0 Å². The second-order valence-electron chi connectivity index (χ2n) is 8.67. The van der Waals surface area contributed by atoms with Gasteiger partial charge in [-0.15, -0.1) is 0 Å². The Kier molecular flexibility index (Phi) is 7.80. The minimum Gasteiger partial charge on any atom is -0.507 e. The quantitative estimate of drug-likeness (QED) is 0.120. The number of halogens is 1. The van der Waals surface area contributed by atoms with E-state index in [1.165, 1.54) is 12.1 Å². The van der Waals surface area contributed by atoms with Crippen LogP contribution in [0, 0.1) is 11.2 Å². The molecule has 1 unspecified atom stereocenters. The first-order valence-corrected chi connectivity index (χ1v) is 12.2. The Morgan fingerprint density at radius 3 is 2.44 bits per heavy atom. The number of aromatic hydroxyl groups is 2. The zero-order valence-corrected chi connectivity index (χ0v) is 21.2. The largest absolute Gasteiger partial charge is 0.507 e. The number of carbonyl (C=O) groups excluding carboxylic acids is 2. The van der Waals surface area contributed by atoms with Crippen molar-refractivity contribution in [1.29, 1.82) is 5.41 Å². The molecule has 0 aliphatic heterocycles. The van der Waals surface area contributed by atoms with Crippen LogP contribution in [0.15, 0.2) is 48.5 Å². The highest BCUT2D eigenvalue weighted by Gasteiger charge is 2.29. The Hall–Kier alpha value is -4.93. The predicted molar refractivity (Wildman–Crippen MR) is 142 cm³/mol. The van der Waals surface area contributed by atoms with Crippen molar-refractivity contribution in [3.8, 4) is 34.0 Å². The summed E-state index contributed by atoms with van der Waals surface area (Å²) in [7, 11) is 0. The van der Waals surface area contributed by atoms with E-state index in [0.29, 0.717) is 16.6 Å². The van der Waals surface area contributed by atoms with Crippen molar-refractivity contribution in [2.24, 2.45) is 5.73 Å². The van der Waals surface area contributed by atoms with E-state index >= 15 is 0 Å². The number of phenolic OH excluding ortho intramolecular Hbond substituents is 2. The van der Waals surface area contributed by atoms with Crippen LogP contribution in [0.1, 0.15) is 37.3 Å². The van der Waals surface area contributed by atoms with E-state index in [1.54, 1.807) is 32.0 Å². The molecular weight excluding hydrogens is 507 g/mol. The molecule has 3 aromatic carbocycles. The lowest BCUT2D eigenvalue weighted by Gasteiger charge is -2.19. The number of nitrogens with zero attached hydrogens (tertiary/aromatic N) is 1. The lowest BCUT2D eigenvalue weighted by molar-refractivity contribution is -0.151. The van der Waals surface area contributed by atoms with Crippen LogP contribution in [0.25, 0.3) is 33.5 Å². The number of hydrogen-bond donors (Lipinski definition) is 5. The number of nitrogen functional groups attached to an aromatic ring is 1. The Morgan fingerprint density at radius 2 is 1.74 bits per heavy atom. The average Bonchev–Trinajstić information content (AvgIpc) is 3.32. The summed E-state index contributed by atoms with van der Waals surface area (Å²) in [5.41, 5.74) is 7.41. The summed E-state index contributed by atoms with van der Waals surface area (Å²) in [4.78, 5) is 33.0. The SMILES string of the molecule is CCOC(=O)CC(C(=O)OCC)c1cc(-c2nc3ccc(C(=N)N)cc3[nH]2)c(O)c(-c2cc(F)ccc2O)c1. The Morgan fingerprint density at radius 1 is 1.03 bits per heavy atom. The first-order chi connectivity index (χ1) is 18.6. The molecule has 0 bridgehead atoms. The van der Waals surface area contributed by atoms with E-state index in [1.807, 2.05) is 0 Å². The number of H-pyrrole nitrogens is 1. The molecule has 4 aromatic rings. The third kappa shape index (κ3) is 5.66. The fourth-order valence-corrected chi connectivity index (χ4v) is 4.24. The molecule has 39 heavy (non-hydrogen) atoms. The number of aromatic amines is 1. The molecule has 1 heterocycles. The average molecular weight is 535 g/mol. The number of nitrogens with one attached hydrogen (secondary N) is 2. The number of benzene rings is 3. The number of imidazole rings is 1. The number of amidine groups is 1. The number of esters is 2. The van der Waals surface area contributed by atoms with E-state index in [-0.39, 0.29) is 65.0 Å². The third-order valence-electron chi connectivity index (χ3n) is 6.08. The van der Waals surface area contributed by atoms with Crippen molar-refractivity contribution in [2.75, 3.05) is 13.2 Å². The van der Waals surface area contributed by atoms with E-state index in [9.17, 15) is 24.2 Å². The number of phenols is 2. The van der Waals surface area contributed by atoms with Gasteiger partial charge in [-0.05, 0) is 67.9 Å². The van der Waals surface area contributed by atoms with Gasteiger partial charge in [0.05, 0.1) is 42.1 Å². The van der Waals surface area contributed by atoms with Crippen molar-refractivity contribution < 1.29 is 33.7 Å². The van der Waals surface area contributed by atoms with Crippen molar-refractivity contribution in [3.05, 3.63) is 65.5 Å². The van der Waals surface area contributed by atoms with Gasteiger partial charge in [0.15, 0.2) is 0 Å². The number of hydrogen-bond acceptors (Lipinski definition) is 8. The van der Waals surface area contributed by atoms with Crippen LogP contribution < -0.4 is 5.73 Å². The summed E-state index contributed by atoms with van der Waals surface area (Å²) in [6.07, 6.45) is -0.354. The number of nitrogens with two attached hydrogens (primary N) is 1. The van der Waals surface area contributed by atoms with Crippen molar-refractivity contribution in [2.45, 2.75) is 26.2 Å². The lowest BCUT2D eigenvalue weighted by Crippen LogP contribution is -2.21. The highest BCUT2D eigenvalue weighted by atomic mass is 19.1. The molecule has 6 N–H and O–H groups in total. The third-order valence-corrected chi connectivity index (χ3v) is 6.08. The fraction of sp³-hybridized carbons (Fsp3) is 0.214. The molecule has 1 atom stereocenters. The zero-order chi connectivity index (χ0) is 28.3. The van der Waals surface area contributed by atoms with Gasteiger partial charge >= 0.3 is 11.9 Å². The van der Waals surface area contributed by atoms with Gasteiger partial charge in [0, 0.05) is 16.7 Å². The highest BCUT2D eigenvalue weighted by Crippen LogP contribution is 2.44. The van der Waals surface area contributed by atoms with E-state index in [4.69, 9.17) is 20.6 Å². The summed E-state index contributed by atoms with van der Waals surface area (Å²) < 4.78 is 24.5. The number of ether oxygens (including phenoxy) is 2. The van der Waals surface area contributed by atoms with Crippen molar-refractivity contribution in [3.63, 3.8) is 0 Å². The minimum atomic E-state index is -1.13. The number of rotatable bonds is 9. The number of aromatic nitrogens is 2. The molecule has 0 aliphatic rings. The van der Waals surface area contributed by atoms with E-state index < -0.39 is 23.7 Å². The highest BCUT2D eigenvalue weighted by molar-refractivity contribution is 5.98. The van der Waals surface area contributed by atoms with Crippen LogP contribution in [-0.2, 0) is 19.1 Å². The molecule has 0 fully saturated rings. The van der Waals surface area contributed by atoms with Crippen LogP contribution in [0.3, 0.4) is 0 Å². The molecule has 1 aromatic heterocycles. The van der Waals surface area contributed by atoms with Gasteiger partial charge in [-0.2, -0.15) is 0 Å². The summed E-state index contributed by atoms with van der Waals surface area (Å²) in [5.74, 6) is -3.77. The molecule has 0 aliphatic carbocycles. The molecule has 11 heteroatoms. The first-order valence-electron chi connectivity index (χ1n) is 12.2. The Balaban J connectivity index is 1.97. The fourth-order valence-electron chi connectivity index (χ4n) is 4.24. The minimum absolute atomic E-state index is 0.00235. The second kappa shape index (κ2) is 11.2. The standard InChI is InChI=1S/C28H27FN4O6/c1-3-38-24(35)13-17(28(37)39-4-2)15-9-19(18-12-16(29)6-8-23(18)34)25(36)20(10-15)27-32-21-7-5-14(26(30)31)11-22(21)33-27/h5-12,17,34,36H,3-4,13H2,1-2H3,(H3,30,31)(H,32,33). The maximum atomic E-state index is 14.2. The Labute approximate surface area is 222 Å². The summed E-state index contributed by atoms with van der Waals surface area (Å²) >= 11 is 0. The molecule has 4 rings (SSSR count). The van der Waals surface area contributed by atoms with Crippen LogP contribution in [-0.4, -0.2) is 51.2 Å². The maximum Gasteiger partial charge on any atom is 0.313 e. The molecule has 10 nitrogen and oxygen atoms in total. The number of carbonyl (C=O) groups is 2. The topological polar surface area (TPSA) is 172 Å². The van der Waals surface area contributed by atoms with Crippen LogP contribution >= 0.6 is 0 Å². The molecule has 0 amide bonds. The van der Waals surface area contributed by atoms with E-state index in [2.05, 4.69) is 9.97 Å². The smallest absolute Gasteiger partial charge is 0.313 e. The number of fused-ring (bicyclic) bond motifs is 1. The van der Waals surface area contributed by atoms with Gasteiger partial charge in [-0.25, -0.2) is 9.37 Å².